The van der Waals surface area contributed by atoms with Crippen molar-refractivity contribution in [3.8, 4) is 11.1 Å². The molecule has 2 nitrogen and oxygen atoms in total. The van der Waals surface area contributed by atoms with Crippen LogP contribution in [0.3, 0.4) is 0 Å². The van der Waals surface area contributed by atoms with Gasteiger partial charge in [-0.3, -0.25) is 0 Å². The second kappa shape index (κ2) is 10.1. The molecule has 1 unspecified atom stereocenters. The van der Waals surface area contributed by atoms with Crippen LogP contribution in [0.5, 0.6) is 0 Å². The van der Waals surface area contributed by atoms with E-state index in [0.29, 0.717) is 5.92 Å². The van der Waals surface area contributed by atoms with E-state index in [2.05, 4.69) is 137 Å². The number of aryl methyl sites for hydroxylation is 1. The van der Waals surface area contributed by atoms with E-state index in [0.717, 1.165) is 18.3 Å². The molecule has 36 heavy (non-hydrogen) atoms. The first-order chi connectivity index (χ1) is 17.3. The zero-order valence-corrected chi connectivity index (χ0v) is 21.8. The highest BCUT2D eigenvalue weighted by atomic mass is 16.7. The van der Waals surface area contributed by atoms with Crippen LogP contribution in [0.4, 0.5) is 0 Å². The van der Waals surface area contributed by atoms with Crippen molar-refractivity contribution in [2.24, 2.45) is 0 Å². The second-order valence-electron chi connectivity index (χ2n) is 10.8. The minimum absolute atomic E-state index is 0.316. The van der Waals surface area contributed by atoms with Crippen LogP contribution in [0.2, 0.25) is 0 Å². The molecule has 1 aliphatic heterocycles. The van der Waals surface area contributed by atoms with Crippen LogP contribution in [0, 0.1) is 0 Å². The lowest BCUT2D eigenvalue weighted by Crippen LogP contribution is -2.41. The van der Waals surface area contributed by atoms with Crippen molar-refractivity contribution in [3.63, 3.8) is 0 Å². The Morgan fingerprint density at radius 3 is 1.67 bits per heavy atom. The van der Waals surface area contributed by atoms with Crippen molar-refractivity contribution in [2.75, 3.05) is 0 Å². The molecule has 4 aromatic rings. The van der Waals surface area contributed by atoms with Gasteiger partial charge in [0.2, 0.25) is 0 Å². The zero-order chi connectivity index (χ0) is 25.2. The fourth-order valence-corrected chi connectivity index (χ4v) is 4.88. The van der Waals surface area contributed by atoms with E-state index in [4.69, 9.17) is 9.31 Å². The molecule has 182 valence electrons. The van der Waals surface area contributed by atoms with E-state index in [1.165, 1.54) is 27.8 Å². The van der Waals surface area contributed by atoms with Gasteiger partial charge in [-0.2, -0.15) is 0 Å². The molecule has 1 saturated heterocycles. The van der Waals surface area contributed by atoms with E-state index in [-0.39, 0.29) is 18.3 Å². The summed E-state index contributed by atoms with van der Waals surface area (Å²) >= 11 is 0. The van der Waals surface area contributed by atoms with E-state index in [1.54, 1.807) is 0 Å². The van der Waals surface area contributed by atoms with Gasteiger partial charge < -0.3 is 9.31 Å². The summed E-state index contributed by atoms with van der Waals surface area (Å²) in [7, 11) is -0.316. The molecule has 1 heterocycles. The average Bonchev–Trinajstić information content (AvgIpc) is 3.12. The molecule has 0 saturated carbocycles. The van der Waals surface area contributed by atoms with Crippen molar-refractivity contribution in [1.29, 1.82) is 0 Å². The zero-order valence-electron chi connectivity index (χ0n) is 21.8. The van der Waals surface area contributed by atoms with Crippen LogP contribution < -0.4 is 5.46 Å². The maximum absolute atomic E-state index is 6.22. The summed E-state index contributed by atoms with van der Waals surface area (Å²) in [4.78, 5) is 0. The molecular formula is C33H35BO2. The normalized spacial score (nSPS) is 17.2. The molecule has 0 aromatic heterocycles. The van der Waals surface area contributed by atoms with E-state index >= 15 is 0 Å². The van der Waals surface area contributed by atoms with E-state index < -0.39 is 0 Å². The summed E-state index contributed by atoms with van der Waals surface area (Å²) in [5.41, 5.74) is 6.98. The summed E-state index contributed by atoms with van der Waals surface area (Å²) in [6, 6.07) is 39.3. The summed E-state index contributed by atoms with van der Waals surface area (Å²) in [6.07, 6.45) is 2.05. The van der Waals surface area contributed by atoms with Gasteiger partial charge in [0.05, 0.1) is 11.2 Å². The standard InChI is InChI=1S/C33H35BO2/c1-32(2)33(3,4)36-34(35-32)30-22-15-25(16-23-30)17-24-31(28-13-9-6-10-14-28)29-20-18-27(19-21-29)26-11-7-5-8-12-26/h5-16,18-23,31H,17,24H2,1-4H3. The molecule has 0 amide bonds. The van der Waals surface area contributed by atoms with Crippen molar-refractivity contribution in [2.45, 2.75) is 57.7 Å². The van der Waals surface area contributed by atoms with Gasteiger partial charge in [0.1, 0.15) is 0 Å². The SMILES string of the molecule is CC1(C)OB(c2ccc(CCC(c3ccccc3)c3ccc(-c4ccccc4)cc3)cc2)OC1(C)C. The van der Waals surface area contributed by atoms with Crippen LogP contribution in [-0.2, 0) is 15.7 Å². The number of hydrogen-bond donors (Lipinski definition) is 0. The topological polar surface area (TPSA) is 18.5 Å². The number of hydrogen-bond acceptors (Lipinski definition) is 2. The molecule has 1 atom stereocenters. The predicted molar refractivity (Wildman–Crippen MR) is 151 cm³/mol. The highest BCUT2D eigenvalue weighted by Gasteiger charge is 2.51. The van der Waals surface area contributed by atoms with Crippen molar-refractivity contribution < 1.29 is 9.31 Å². The van der Waals surface area contributed by atoms with Gasteiger partial charge in [-0.1, -0.05) is 109 Å². The molecular weight excluding hydrogens is 439 g/mol. The van der Waals surface area contributed by atoms with Gasteiger partial charge in [0, 0.05) is 5.92 Å². The van der Waals surface area contributed by atoms with Crippen LogP contribution in [0.25, 0.3) is 11.1 Å². The first-order valence-corrected chi connectivity index (χ1v) is 13.0. The Labute approximate surface area is 216 Å². The summed E-state index contributed by atoms with van der Waals surface area (Å²) in [5.74, 6) is 0.346. The van der Waals surface area contributed by atoms with E-state index in [9.17, 15) is 0 Å². The second-order valence-corrected chi connectivity index (χ2v) is 10.8. The smallest absolute Gasteiger partial charge is 0.399 e. The Morgan fingerprint density at radius 2 is 1.08 bits per heavy atom. The Kier molecular flexibility index (Phi) is 6.88. The van der Waals surface area contributed by atoms with Crippen molar-refractivity contribution >= 4 is 12.6 Å². The molecule has 0 radical (unpaired) electrons. The van der Waals surface area contributed by atoms with Gasteiger partial charge >= 0.3 is 7.12 Å². The van der Waals surface area contributed by atoms with Gasteiger partial charge in [-0.15, -0.1) is 0 Å². The molecule has 0 bridgehead atoms. The first-order valence-electron chi connectivity index (χ1n) is 13.0. The minimum Gasteiger partial charge on any atom is -0.399 e. The van der Waals surface area contributed by atoms with Gasteiger partial charge in [0.15, 0.2) is 0 Å². The van der Waals surface area contributed by atoms with Crippen molar-refractivity contribution in [3.05, 3.63) is 126 Å². The Balaban J connectivity index is 1.31. The predicted octanol–water partition coefficient (Wildman–Crippen LogP) is 7.42. The number of rotatable bonds is 7. The van der Waals surface area contributed by atoms with E-state index in [1.807, 2.05) is 0 Å². The highest BCUT2D eigenvalue weighted by Crippen LogP contribution is 2.36. The van der Waals surface area contributed by atoms with Crippen LogP contribution in [0.15, 0.2) is 109 Å². The lowest BCUT2D eigenvalue weighted by molar-refractivity contribution is 0.00578. The Morgan fingerprint density at radius 1 is 0.583 bits per heavy atom. The maximum Gasteiger partial charge on any atom is 0.494 e. The van der Waals surface area contributed by atoms with Crippen molar-refractivity contribution in [1.82, 2.24) is 0 Å². The molecule has 4 aromatic carbocycles. The minimum atomic E-state index is -0.324. The van der Waals surface area contributed by atoms with Crippen LogP contribution in [-0.4, -0.2) is 18.3 Å². The lowest BCUT2D eigenvalue weighted by atomic mass is 9.78. The van der Waals surface area contributed by atoms with Crippen LogP contribution >= 0.6 is 0 Å². The average molecular weight is 474 g/mol. The Bertz CT molecular complexity index is 1250. The third-order valence-electron chi connectivity index (χ3n) is 7.85. The summed E-state index contributed by atoms with van der Waals surface area (Å²) < 4.78 is 12.4. The Hall–Kier alpha value is -3.14. The highest BCUT2D eigenvalue weighted by molar-refractivity contribution is 6.62. The van der Waals surface area contributed by atoms with Gasteiger partial charge in [-0.05, 0) is 73.8 Å². The third kappa shape index (κ3) is 5.19. The molecule has 5 rings (SSSR count). The number of benzene rings is 4. The molecule has 1 fully saturated rings. The monoisotopic (exact) mass is 474 g/mol. The fourth-order valence-electron chi connectivity index (χ4n) is 4.88. The quantitative estimate of drug-likeness (QED) is 0.260. The molecule has 0 N–H and O–H groups in total. The molecule has 0 aliphatic carbocycles. The third-order valence-corrected chi connectivity index (χ3v) is 7.85. The molecule has 3 heteroatoms. The fraction of sp³-hybridized carbons (Fsp3) is 0.273. The maximum atomic E-state index is 6.22. The first kappa shape index (κ1) is 24.6. The molecule has 1 aliphatic rings. The summed E-state index contributed by atoms with van der Waals surface area (Å²) in [6.45, 7) is 8.38. The summed E-state index contributed by atoms with van der Waals surface area (Å²) in [5, 5.41) is 0. The molecule has 0 spiro atoms. The lowest BCUT2D eigenvalue weighted by Gasteiger charge is -2.32. The van der Waals surface area contributed by atoms with Crippen LogP contribution in [0.1, 0.15) is 56.7 Å². The van der Waals surface area contributed by atoms with Gasteiger partial charge in [-0.25, -0.2) is 0 Å². The largest absolute Gasteiger partial charge is 0.494 e. The van der Waals surface area contributed by atoms with Gasteiger partial charge in [0.25, 0.3) is 0 Å².